The summed E-state index contributed by atoms with van der Waals surface area (Å²) in [5.41, 5.74) is 4.89. The van der Waals surface area contributed by atoms with Crippen LogP contribution in [0.25, 0.3) is 11.1 Å². The van der Waals surface area contributed by atoms with Crippen LogP contribution in [0.5, 0.6) is 0 Å². The average molecular weight is 730 g/mol. The van der Waals surface area contributed by atoms with Crippen LogP contribution in [0.2, 0.25) is 0 Å². The van der Waals surface area contributed by atoms with Gasteiger partial charge in [0.15, 0.2) is 5.82 Å². The van der Waals surface area contributed by atoms with E-state index >= 15 is 0 Å². The van der Waals surface area contributed by atoms with Crippen molar-refractivity contribution in [2.75, 3.05) is 55.6 Å². The third kappa shape index (κ3) is 6.86. The van der Waals surface area contributed by atoms with Crippen molar-refractivity contribution in [3.63, 3.8) is 0 Å². The van der Waals surface area contributed by atoms with Crippen LogP contribution in [0.15, 0.2) is 41.5 Å². The number of hydrogen-bond acceptors (Lipinski definition) is 10. The molecule has 1 unspecified atom stereocenters. The van der Waals surface area contributed by atoms with Gasteiger partial charge in [0.1, 0.15) is 6.26 Å². The third-order valence-electron chi connectivity index (χ3n) is 11.8. The molecule has 0 saturated carbocycles. The van der Waals surface area contributed by atoms with Crippen molar-refractivity contribution in [2.45, 2.75) is 71.4 Å². The van der Waals surface area contributed by atoms with Crippen LogP contribution in [0, 0.1) is 11.8 Å². The van der Waals surface area contributed by atoms with Gasteiger partial charge in [-0.3, -0.25) is 9.48 Å². The van der Waals surface area contributed by atoms with Gasteiger partial charge in [0.2, 0.25) is 11.9 Å². The molecule has 280 valence electrons. The predicted molar refractivity (Wildman–Crippen MR) is 192 cm³/mol. The fraction of sp³-hybridized carbons (Fsp3) is 0.526. The minimum absolute atomic E-state index is 0.0173. The summed E-state index contributed by atoms with van der Waals surface area (Å²) in [4.78, 5) is 41.1. The summed E-state index contributed by atoms with van der Waals surface area (Å²) >= 11 is 0. The molecule has 8 rings (SSSR count). The lowest BCUT2D eigenvalue weighted by Gasteiger charge is -2.41. The molecule has 4 aliphatic heterocycles. The number of carbonyl (C=O) groups is 2. The molecule has 7 heterocycles. The second-order valence-electron chi connectivity index (χ2n) is 15.0. The Labute approximate surface area is 306 Å². The summed E-state index contributed by atoms with van der Waals surface area (Å²) in [6, 6.07) is 3.68. The molecule has 4 aromatic rings. The highest BCUT2D eigenvalue weighted by Gasteiger charge is 2.36. The van der Waals surface area contributed by atoms with E-state index in [4.69, 9.17) is 9.62 Å². The van der Waals surface area contributed by atoms with E-state index in [9.17, 15) is 23.5 Å². The average Bonchev–Trinajstić information content (AvgIpc) is 3.84. The topological polar surface area (TPSA) is 137 Å². The highest BCUT2D eigenvalue weighted by molar-refractivity contribution is 5.86. The van der Waals surface area contributed by atoms with Gasteiger partial charge in [0.25, 0.3) is 6.43 Å². The van der Waals surface area contributed by atoms with E-state index in [1.807, 2.05) is 11.0 Å². The number of carboxylic acids is 1. The number of amides is 1. The molecule has 0 radical (unpaired) electrons. The number of aromatic nitrogens is 5. The highest BCUT2D eigenvalue weighted by atomic mass is 19.3. The van der Waals surface area contributed by atoms with E-state index in [1.54, 1.807) is 13.0 Å². The first-order valence-corrected chi connectivity index (χ1v) is 18.6. The number of benzene rings is 1. The number of anilines is 3. The van der Waals surface area contributed by atoms with Gasteiger partial charge in [0.05, 0.1) is 24.3 Å². The quantitative estimate of drug-likeness (QED) is 0.237. The van der Waals surface area contributed by atoms with Gasteiger partial charge < -0.3 is 29.2 Å². The molecule has 2 fully saturated rings. The number of piperidine rings is 2. The van der Waals surface area contributed by atoms with E-state index in [1.165, 1.54) is 24.9 Å². The number of halogens is 2. The fourth-order valence-electron chi connectivity index (χ4n) is 8.77. The van der Waals surface area contributed by atoms with Crippen LogP contribution in [0.3, 0.4) is 0 Å². The Balaban J connectivity index is 0.993. The van der Waals surface area contributed by atoms with Crippen LogP contribution >= 0.6 is 0 Å². The molecule has 1 amide bonds. The molecular formula is C38H45F2N9O4. The second-order valence-corrected chi connectivity index (χ2v) is 15.0. The molecule has 0 aliphatic carbocycles. The van der Waals surface area contributed by atoms with Crippen molar-refractivity contribution in [3.05, 3.63) is 64.9 Å². The van der Waals surface area contributed by atoms with Crippen molar-refractivity contribution < 1.29 is 28.0 Å². The van der Waals surface area contributed by atoms with E-state index in [0.717, 1.165) is 93.2 Å². The lowest BCUT2D eigenvalue weighted by molar-refractivity contribution is -0.129. The van der Waals surface area contributed by atoms with Crippen molar-refractivity contribution in [2.24, 2.45) is 11.8 Å². The summed E-state index contributed by atoms with van der Waals surface area (Å²) in [5.74, 6) is 1.30. The number of carbonyl (C=O) groups excluding carboxylic acids is 1. The van der Waals surface area contributed by atoms with Crippen LogP contribution < -0.4 is 9.80 Å². The predicted octanol–water partition coefficient (Wildman–Crippen LogP) is 5.75. The molecule has 4 aliphatic rings. The Bertz CT molecular complexity index is 1960. The van der Waals surface area contributed by atoms with Crippen molar-refractivity contribution in [1.29, 1.82) is 0 Å². The van der Waals surface area contributed by atoms with Gasteiger partial charge in [-0.2, -0.15) is 5.10 Å². The fourth-order valence-corrected chi connectivity index (χ4v) is 8.77. The number of carboxylic acid groups (broad SMARTS) is 1. The van der Waals surface area contributed by atoms with Crippen molar-refractivity contribution in [1.82, 2.24) is 34.7 Å². The van der Waals surface area contributed by atoms with Gasteiger partial charge in [-0.1, -0.05) is 12.1 Å². The van der Waals surface area contributed by atoms with Crippen molar-refractivity contribution in [3.8, 4) is 11.1 Å². The minimum atomic E-state index is -2.68. The number of alkyl halides is 2. The summed E-state index contributed by atoms with van der Waals surface area (Å²) in [7, 11) is 0. The molecule has 2 saturated heterocycles. The molecule has 0 bridgehead atoms. The lowest BCUT2D eigenvalue weighted by atomic mass is 9.86. The molecule has 13 nitrogen and oxygen atoms in total. The monoisotopic (exact) mass is 729 g/mol. The third-order valence-corrected chi connectivity index (χ3v) is 11.8. The van der Waals surface area contributed by atoms with Gasteiger partial charge in [0, 0.05) is 99.6 Å². The molecule has 0 spiro atoms. The summed E-state index contributed by atoms with van der Waals surface area (Å²) < 4.78 is 36.3. The van der Waals surface area contributed by atoms with E-state index in [2.05, 4.69) is 41.4 Å². The van der Waals surface area contributed by atoms with Crippen LogP contribution in [-0.4, -0.2) is 97.5 Å². The van der Waals surface area contributed by atoms with Crippen LogP contribution in [0.4, 0.5) is 26.2 Å². The standard InChI is InChI=1S/C38H45F2N9O4/c1-23-19-47(38-41-16-27(17-42-38)37(51)52)12-5-26(23)20-45-10-6-29(7-11-45)49-33-8-13-46(24(2)50)21-32(33)36(44-49)48-9-3-4-25-14-30(28-18-43-53-22-28)31(35(39)40)15-34(25)48/h14-18,22-23,26,29,35H,3-13,19-21H2,1-2H3,(H,51,52)/t23-,26?/m1/s1. The van der Waals surface area contributed by atoms with E-state index in [0.29, 0.717) is 55.0 Å². The summed E-state index contributed by atoms with van der Waals surface area (Å²) in [6.07, 6.45) is 8.17. The smallest absolute Gasteiger partial charge is 0.338 e. The first kappa shape index (κ1) is 35.1. The molecular weight excluding hydrogens is 684 g/mol. The number of likely N-dealkylation sites (tertiary alicyclic amines) is 1. The second kappa shape index (κ2) is 14.5. The van der Waals surface area contributed by atoms with Gasteiger partial charge in [-0.15, -0.1) is 0 Å². The van der Waals surface area contributed by atoms with Gasteiger partial charge in [-0.05, 0) is 67.2 Å². The van der Waals surface area contributed by atoms with Crippen LogP contribution in [0.1, 0.15) is 84.7 Å². The Morgan fingerprint density at radius 3 is 2.49 bits per heavy atom. The molecule has 2 atom stereocenters. The summed E-state index contributed by atoms with van der Waals surface area (Å²) in [6.45, 7) is 10.2. The zero-order chi connectivity index (χ0) is 36.8. The molecule has 53 heavy (non-hydrogen) atoms. The SMILES string of the molecule is CC(=O)N1CCc2c(c(N3CCCc4cc(-c5cnoc5)c(C(F)F)cc43)nn2C2CCN(CC3CCN(c4ncc(C(=O)O)cn4)C[C@H]3C)CC2)C1. The first-order valence-electron chi connectivity index (χ1n) is 18.6. The zero-order valence-corrected chi connectivity index (χ0v) is 30.1. The number of rotatable bonds is 8. The maximum atomic E-state index is 14.5. The Hall–Kier alpha value is -4.92. The van der Waals surface area contributed by atoms with Crippen molar-refractivity contribution >= 4 is 29.3 Å². The number of aromatic carboxylic acids is 1. The largest absolute Gasteiger partial charge is 0.478 e. The molecule has 1 N–H and O–H groups in total. The Morgan fingerprint density at radius 2 is 1.81 bits per heavy atom. The maximum absolute atomic E-state index is 14.5. The minimum Gasteiger partial charge on any atom is -0.478 e. The Morgan fingerprint density at radius 1 is 1.02 bits per heavy atom. The number of nitrogens with zero attached hydrogens (tertiary/aromatic N) is 9. The number of hydrogen-bond donors (Lipinski definition) is 1. The van der Waals surface area contributed by atoms with E-state index < -0.39 is 12.4 Å². The number of fused-ring (bicyclic) bond motifs is 2. The Kier molecular flexibility index (Phi) is 9.60. The van der Waals surface area contributed by atoms with Crippen LogP contribution in [-0.2, 0) is 24.2 Å². The zero-order valence-electron chi connectivity index (χ0n) is 30.1. The number of aryl methyl sites for hydroxylation is 1. The molecule has 1 aromatic carbocycles. The summed E-state index contributed by atoms with van der Waals surface area (Å²) in [5, 5.41) is 18.2. The van der Waals surface area contributed by atoms with Gasteiger partial charge >= 0.3 is 5.97 Å². The first-order chi connectivity index (χ1) is 25.6. The molecule has 3 aromatic heterocycles. The highest BCUT2D eigenvalue weighted by Crippen LogP contribution is 2.44. The lowest BCUT2D eigenvalue weighted by Crippen LogP contribution is -2.46. The van der Waals surface area contributed by atoms with Gasteiger partial charge in [-0.25, -0.2) is 23.5 Å². The molecule has 15 heteroatoms. The maximum Gasteiger partial charge on any atom is 0.338 e. The normalized spacial score (nSPS) is 21.2. The van der Waals surface area contributed by atoms with E-state index in [-0.39, 0.29) is 23.1 Å².